The van der Waals surface area contributed by atoms with Crippen LogP contribution in [0.5, 0.6) is 0 Å². The minimum absolute atomic E-state index is 0.0913. The Balaban J connectivity index is 1.90. The van der Waals surface area contributed by atoms with Gasteiger partial charge in [0.2, 0.25) is 0 Å². The maximum absolute atomic E-state index is 12.3. The molecular weight excluding hydrogens is 276 g/mol. The summed E-state index contributed by atoms with van der Waals surface area (Å²) in [4.78, 5) is 16.3. The Kier molecular flexibility index (Phi) is 4.37. The van der Waals surface area contributed by atoms with Crippen LogP contribution in [0, 0.1) is 0 Å². The zero-order chi connectivity index (χ0) is 15.4. The van der Waals surface area contributed by atoms with Gasteiger partial charge >= 0.3 is 5.97 Å². The number of carbonyl (C=O) groups excluding carboxylic acids is 1. The lowest BCUT2D eigenvalue weighted by Crippen LogP contribution is -2.16. The fourth-order valence-corrected chi connectivity index (χ4v) is 2.88. The monoisotopic (exact) mass is 296 g/mol. The van der Waals surface area contributed by atoms with Crippen LogP contribution in [-0.4, -0.2) is 17.6 Å². The standard InChI is InChI=1S/C18H20N2O2/c1-2-22-18(21)15-12-16(13-8-10-19-11-9-13)20-17(15)14-6-4-3-5-7-14/h4,6-11,16,20H,2-3,5,12H2,1H3. The summed E-state index contributed by atoms with van der Waals surface area (Å²) < 4.78 is 5.23. The Morgan fingerprint density at radius 1 is 1.36 bits per heavy atom. The van der Waals surface area contributed by atoms with E-state index in [0.717, 1.165) is 35.2 Å². The molecule has 0 saturated carbocycles. The predicted octanol–water partition coefficient (Wildman–Crippen LogP) is 3.21. The summed E-state index contributed by atoms with van der Waals surface area (Å²) in [5, 5.41) is 3.50. The number of nitrogens with one attached hydrogen (secondary N) is 1. The number of hydrogen-bond acceptors (Lipinski definition) is 4. The largest absolute Gasteiger partial charge is 0.463 e. The van der Waals surface area contributed by atoms with E-state index in [9.17, 15) is 4.79 Å². The van der Waals surface area contributed by atoms with Crippen LogP contribution in [0.4, 0.5) is 0 Å². The van der Waals surface area contributed by atoms with Gasteiger partial charge in [0.05, 0.1) is 23.9 Å². The number of nitrogens with zero attached hydrogens (tertiary/aromatic N) is 1. The van der Waals surface area contributed by atoms with Crippen LogP contribution in [0.2, 0.25) is 0 Å². The molecule has 1 aromatic heterocycles. The number of aromatic nitrogens is 1. The van der Waals surface area contributed by atoms with Gasteiger partial charge in [-0.15, -0.1) is 0 Å². The molecule has 0 radical (unpaired) electrons. The number of hydrogen-bond donors (Lipinski definition) is 1. The van der Waals surface area contributed by atoms with Gasteiger partial charge in [-0.05, 0) is 43.0 Å². The molecule has 114 valence electrons. The summed E-state index contributed by atoms with van der Waals surface area (Å²) in [6.45, 7) is 2.23. The first-order valence-corrected chi connectivity index (χ1v) is 7.73. The predicted molar refractivity (Wildman–Crippen MR) is 84.8 cm³/mol. The van der Waals surface area contributed by atoms with Gasteiger partial charge in [0.1, 0.15) is 0 Å². The third-order valence-corrected chi connectivity index (χ3v) is 3.94. The average Bonchev–Trinajstić information content (AvgIpc) is 3.02. The SMILES string of the molecule is CCOC(=O)C1=C(C2=CCCC=C2)NC(c2ccncc2)C1. The summed E-state index contributed by atoms with van der Waals surface area (Å²) in [6.07, 6.45) is 12.7. The van der Waals surface area contributed by atoms with Crippen molar-refractivity contribution in [3.8, 4) is 0 Å². The molecule has 1 unspecified atom stereocenters. The molecule has 2 heterocycles. The molecule has 0 bridgehead atoms. The van der Waals surface area contributed by atoms with Crippen LogP contribution in [0.1, 0.15) is 37.8 Å². The van der Waals surface area contributed by atoms with E-state index in [1.54, 1.807) is 12.4 Å². The highest BCUT2D eigenvalue weighted by Gasteiger charge is 2.31. The quantitative estimate of drug-likeness (QED) is 0.867. The number of allylic oxidation sites excluding steroid dienone is 3. The molecule has 1 atom stereocenters. The van der Waals surface area contributed by atoms with E-state index < -0.39 is 0 Å². The van der Waals surface area contributed by atoms with Crippen molar-refractivity contribution in [1.82, 2.24) is 10.3 Å². The molecular formula is C18H20N2O2. The second-order valence-corrected chi connectivity index (χ2v) is 5.39. The lowest BCUT2D eigenvalue weighted by atomic mass is 10.00. The molecule has 0 fully saturated rings. The van der Waals surface area contributed by atoms with Crippen LogP contribution in [0.25, 0.3) is 0 Å². The topological polar surface area (TPSA) is 51.2 Å². The molecule has 1 aliphatic carbocycles. The van der Waals surface area contributed by atoms with Crippen molar-refractivity contribution in [2.45, 2.75) is 32.2 Å². The van der Waals surface area contributed by atoms with Crippen LogP contribution in [0.3, 0.4) is 0 Å². The highest BCUT2D eigenvalue weighted by Crippen LogP contribution is 2.35. The normalized spacial score (nSPS) is 20.6. The van der Waals surface area contributed by atoms with Gasteiger partial charge in [-0.2, -0.15) is 0 Å². The number of esters is 1. The fraction of sp³-hybridized carbons (Fsp3) is 0.333. The molecule has 3 rings (SSSR count). The zero-order valence-electron chi connectivity index (χ0n) is 12.7. The second kappa shape index (κ2) is 6.60. The van der Waals surface area contributed by atoms with Crippen LogP contribution in [-0.2, 0) is 9.53 Å². The van der Waals surface area contributed by atoms with E-state index in [2.05, 4.69) is 28.5 Å². The lowest BCUT2D eigenvalue weighted by Gasteiger charge is -2.15. The number of carbonyl (C=O) groups is 1. The molecule has 22 heavy (non-hydrogen) atoms. The highest BCUT2D eigenvalue weighted by atomic mass is 16.5. The van der Waals surface area contributed by atoms with Gasteiger partial charge in [0, 0.05) is 18.8 Å². The van der Waals surface area contributed by atoms with E-state index in [1.165, 1.54) is 0 Å². The minimum Gasteiger partial charge on any atom is -0.463 e. The smallest absolute Gasteiger partial charge is 0.336 e. The van der Waals surface area contributed by atoms with Crippen molar-refractivity contribution in [3.05, 3.63) is 65.2 Å². The summed E-state index contributed by atoms with van der Waals surface area (Å²) in [5.74, 6) is -0.221. The van der Waals surface area contributed by atoms with Crippen molar-refractivity contribution < 1.29 is 9.53 Å². The molecule has 4 heteroatoms. The van der Waals surface area contributed by atoms with Gasteiger partial charge in [0.25, 0.3) is 0 Å². The van der Waals surface area contributed by atoms with Gasteiger partial charge in [-0.1, -0.05) is 18.2 Å². The van der Waals surface area contributed by atoms with Gasteiger partial charge in [0.15, 0.2) is 0 Å². The van der Waals surface area contributed by atoms with E-state index in [1.807, 2.05) is 19.1 Å². The highest BCUT2D eigenvalue weighted by molar-refractivity contribution is 5.91. The first-order valence-electron chi connectivity index (χ1n) is 7.73. The summed E-state index contributed by atoms with van der Waals surface area (Å²) in [6, 6.07) is 4.05. The maximum atomic E-state index is 12.3. The van der Waals surface area contributed by atoms with Crippen molar-refractivity contribution in [3.63, 3.8) is 0 Å². The first kappa shape index (κ1) is 14.6. The Labute approximate surface area is 130 Å². The minimum atomic E-state index is -0.221. The summed E-state index contributed by atoms with van der Waals surface area (Å²) in [7, 11) is 0. The lowest BCUT2D eigenvalue weighted by molar-refractivity contribution is -0.138. The zero-order valence-corrected chi connectivity index (χ0v) is 12.7. The Morgan fingerprint density at radius 2 is 2.18 bits per heavy atom. The van der Waals surface area contributed by atoms with E-state index in [0.29, 0.717) is 13.0 Å². The van der Waals surface area contributed by atoms with Crippen molar-refractivity contribution in [2.24, 2.45) is 0 Å². The molecule has 0 aromatic carbocycles. The van der Waals surface area contributed by atoms with E-state index in [-0.39, 0.29) is 12.0 Å². The van der Waals surface area contributed by atoms with Crippen molar-refractivity contribution in [1.29, 1.82) is 0 Å². The van der Waals surface area contributed by atoms with Crippen LogP contribution >= 0.6 is 0 Å². The number of rotatable bonds is 4. The van der Waals surface area contributed by atoms with E-state index in [4.69, 9.17) is 4.74 Å². The van der Waals surface area contributed by atoms with Gasteiger partial charge in [-0.3, -0.25) is 4.98 Å². The third kappa shape index (κ3) is 2.96. The molecule has 1 aliphatic heterocycles. The summed E-state index contributed by atoms with van der Waals surface area (Å²) in [5.41, 5.74) is 3.87. The average molecular weight is 296 g/mol. The number of ether oxygens (including phenoxy) is 1. The summed E-state index contributed by atoms with van der Waals surface area (Å²) >= 11 is 0. The third-order valence-electron chi connectivity index (χ3n) is 3.94. The molecule has 1 N–H and O–H groups in total. The van der Waals surface area contributed by atoms with Crippen molar-refractivity contribution in [2.75, 3.05) is 6.61 Å². The van der Waals surface area contributed by atoms with Gasteiger partial charge < -0.3 is 10.1 Å². The maximum Gasteiger partial charge on any atom is 0.336 e. The molecule has 4 nitrogen and oxygen atoms in total. The Morgan fingerprint density at radius 3 is 2.86 bits per heavy atom. The molecule has 1 aromatic rings. The van der Waals surface area contributed by atoms with Crippen LogP contribution < -0.4 is 5.32 Å². The van der Waals surface area contributed by atoms with E-state index >= 15 is 0 Å². The number of pyridine rings is 1. The van der Waals surface area contributed by atoms with Crippen molar-refractivity contribution >= 4 is 5.97 Å². The molecule has 0 saturated heterocycles. The first-order chi connectivity index (χ1) is 10.8. The second-order valence-electron chi connectivity index (χ2n) is 5.39. The Hall–Kier alpha value is -2.36. The molecule has 2 aliphatic rings. The Bertz CT molecular complexity index is 644. The van der Waals surface area contributed by atoms with Crippen LogP contribution in [0.15, 0.2) is 59.6 Å². The van der Waals surface area contributed by atoms with Gasteiger partial charge in [-0.25, -0.2) is 4.79 Å². The fourth-order valence-electron chi connectivity index (χ4n) is 2.88. The molecule has 0 amide bonds. The molecule has 0 spiro atoms.